The van der Waals surface area contributed by atoms with Gasteiger partial charge in [-0.1, -0.05) is 0 Å². The van der Waals surface area contributed by atoms with Gasteiger partial charge in [0, 0.05) is 59.3 Å². The zero-order valence-corrected chi connectivity index (χ0v) is 15.0. The van der Waals surface area contributed by atoms with E-state index in [4.69, 9.17) is 4.74 Å². The summed E-state index contributed by atoms with van der Waals surface area (Å²) in [6.45, 7) is 4.78. The van der Waals surface area contributed by atoms with E-state index in [2.05, 4.69) is 57.1 Å². The van der Waals surface area contributed by atoms with Gasteiger partial charge in [0.2, 0.25) is 0 Å². The van der Waals surface area contributed by atoms with Crippen LogP contribution in [0.5, 0.6) is 0 Å². The number of likely N-dealkylation sites (tertiary alicyclic amines) is 1. The Morgan fingerprint density at radius 1 is 1.52 bits per heavy atom. The van der Waals surface area contributed by atoms with Gasteiger partial charge in [-0.05, 0) is 31.5 Å². The van der Waals surface area contributed by atoms with Gasteiger partial charge in [-0.3, -0.25) is 9.89 Å². The van der Waals surface area contributed by atoms with Gasteiger partial charge in [-0.25, -0.2) is 0 Å². The van der Waals surface area contributed by atoms with Gasteiger partial charge in [0.15, 0.2) is 5.96 Å². The van der Waals surface area contributed by atoms with E-state index < -0.39 is 0 Å². The van der Waals surface area contributed by atoms with Crippen molar-refractivity contribution in [3.63, 3.8) is 0 Å². The van der Waals surface area contributed by atoms with Crippen LogP contribution in [0.4, 0.5) is 0 Å². The van der Waals surface area contributed by atoms with E-state index in [0.717, 1.165) is 32.2 Å². The monoisotopic (exact) mass is 321 g/mol. The number of methoxy groups -OCH3 is 1. The quantitative estimate of drug-likeness (QED) is 0.604. The van der Waals surface area contributed by atoms with E-state index >= 15 is 0 Å². The molecule has 1 aliphatic heterocycles. The van der Waals surface area contributed by atoms with Crippen LogP contribution in [0, 0.1) is 0 Å². The van der Waals surface area contributed by atoms with Crippen molar-refractivity contribution in [1.82, 2.24) is 19.7 Å². The van der Waals surface area contributed by atoms with Crippen LogP contribution in [-0.2, 0) is 18.3 Å². The van der Waals surface area contributed by atoms with Crippen LogP contribution in [0.3, 0.4) is 0 Å². The maximum absolute atomic E-state index is 5.21. The van der Waals surface area contributed by atoms with Gasteiger partial charge >= 0.3 is 0 Å². The first-order valence-electron chi connectivity index (χ1n) is 8.40. The highest BCUT2D eigenvalue weighted by atomic mass is 16.5. The second-order valence-electron chi connectivity index (χ2n) is 6.22. The molecule has 0 amide bonds. The molecule has 2 rings (SSSR count). The van der Waals surface area contributed by atoms with Crippen LogP contribution in [0.1, 0.15) is 18.5 Å². The Balaban J connectivity index is 1.83. The predicted molar refractivity (Wildman–Crippen MR) is 94.7 cm³/mol. The van der Waals surface area contributed by atoms with Gasteiger partial charge in [0.05, 0.1) is 13.2 Å². The lowest BCUT2D eigenvalue weighted by Crippen LogP contribution is -2.46. The second-order valence-corrected chi connectivity index (χ2v) is 6.22. The van der Waals surface area contributed by atoms with Gasteiger partial charge < -0.3 is 19.5 Å². The summed E-state index contributed by atoms with van der Waals surface area (Å²) in [5, 5.41) is 3.53. The summed E-state index contributed by atoms with van der Waals surface area (Å²) in [5.41, 5.74) is 1.28. The summed E-state index contributed by atoms with van der Waals surface area (Å²) in [6.07, 6.45) is 4.59. The third-order valence-electron chi connectivity index (χ3n) is 4.60. The summed E-state index contributed by atoms with van der Waals surface area (Å²) in [5.74, 6) is 0.949. The van der Waals surface area contributed by atoms with Crippen molar-refractivity contribution >= 4 is 5.96 Å². The molecular formula is C17H31N5O. The van der Waals surface area contributed by atoms with Gasteiger partial charge in [0.25, 0.3) is 0 Å². The maximum Gasteiger partial charge on any atom is 0.193 e. The van der Waals surface area contributed by atoms with E-state index in [1.807, 2.05) is 7.05 Å². The number of nitrogens with zero attached hydrogens (tertiary/aromatic N) is 4. The molecule has 0 saturated carbocycles. The summed E-state index contributed by atoms with van der Waals surface area (Å²) in [4.78, 5) is 9.11. The van der Waals surface area contributed by atoms with Crippen molar-refractivity contribution in [2.75, 3.05) is 47.4 Å². The lowest BCUT2D eigenvalue weighted by Gasteiger charge is -2.27. The molecule has 23 heavy (non-hydrogen) atoms. The third kappa shape index (κ3) is 4.97. The summed E-state index contributed by atoms with van der Waals surface area (Å²) < 4.78 is 7.36. The molecule has 1 fully saturated rings. The second kappa shape index (κ2) is 8.93. The number of aromatic nitrogens is 1. The van der Waals surface area contributed by atoms with Gasteiger partial charge in [-0.2, -0.15) is 0 Å². The van der Waals surface area contributed by atoms with Crippen LogP contribution < -0.4 is 5.32 Å². The number of hydrogen-bond acceptors (Lipinski definition) is 3. The molecule has 0 bridgehead atoms. The number of rotatable bonds is 7. The van der Waals surface area contributed by atoms with Crippen molar-refractivity contribution in [2.45, 2.75) is 25.4 Å². The molecule has 130 valence electrons. The highest BCUT2D eigenvalue weighted by Gasteiger charge is 2.24. The molecule has 0 radical (unpaired) electrons. The average Bonchev–Trinajstić information content (AvgIpc) is 3.15. The zero-order valence-electron chi connectivity index (χ0n) is 15.0. The first-order valence-corrected chi connectivity index (χ1v) is 8.40. The Labute approximate surface area is 140 Å². The number of hydrogen-bond donors (Lipinski definition) is 1. The molecule has 6 nitrogen and oxygen atoms in total. The smallest absolute Gasteiger partial charge is 0.193 e. The highest BCUT2D eigenvalue weighted by Crippen LogP contribution is 2.16. The van der Waals surface area contributed by atoms with E-state index in [9.17, 15) is 0 Å². The van der Waals surface area contributed by atoms with Crippen LogP contribution in [0.25, 0.3) is 0 Å². The fourth-order valence-electron chi connectivity index (χ4n) is 3.20. The fourth-order valence-corrected chi connectivity index (χ4v) is 3.20. The van der Waals surface area contributed by atoms with Crippen LogP contribution in [0.2, 0.25) is 0 Å². The zero-order chi connectivity index (χ0) is 16.7. The lowest BCUT2D eigenvalue weighted by atomic mass is 10.2. The maximum atomic E-state index is 5.21. The fraction of sp³-hybridized carbons (Fsp3) is 0.706. The molecule has 1 aromatic rings. The molecule has 6 heteroatoms. The summed E-state index contributed by atoms with van der Waals surface area (Å²) in [7, 11) is 7.77. The molecular weight excluding hydrogens is 290 g/mol. The lowest BCUT2D eigenvalue weighted by molar-refractivity contribution is 0.141. The highest BCUT2D eigenvalue weighted by molar-refractivity contribution is 5.79. The Morgan fingerprint density at radius 2 is 2.35 bits per heavy atom. The normalized spacial score (nSPS) is 19.3. The van der Waals surface area contributed by atoms with Crippen molar-refractivity contribution in [1.29, 1.82) is 0 Å². The third-order valence-corrected chi connectivity index (χ3v) is 4.60. The molecule has 1 aliphatic rings. The Bertz CT molecular complexity index is 499. The minimum Gasteiger partial charge on any atom is -0.383 e. The van der Waals surface area contributed by atoms with Crippen LogP contribution in [0.15, 0.2) is 23.3 Å². The largest absolute Gasteiger partial charge is 0.383 e. The minimum absolute atomic E-state index is 0.574. The number of nitrogens with one attached hydrogen (secondary N) is 1. The van der Waals surface area contributed by atoms with Crippen molar-refractivity contribution < 1.29 is 4.74 Å². The topological polar surface area (TPSA) is 45.0 Å². The Morgan fingerprint density at radius 3 is 3.00 bits per heavy atom. The van der Waals surface area contributed by atoms with E-state index in [0.29, 0.717) is 6.04 Å². The Kier molecular flexibility index (Phi) is 6.92. The van der Waals surface area contributed by atoms with E-state index in [-0.39, 0.29) is 0 Å². The molecule has 1 N–H and O–H groups in total. The molecule has 0 aromatic carbocycles. The summed E-state index contributed by atoms with van der Waals surface area (Å²) in [6, 6.07) is 4.80. The molecule has 0 aliphatic carbocycles. The number of ether oxygens (including phenoxy) is 1. The Hall–Kier alpha value is -1.53. The van der Waals surface area contributed by atoms with Crippen LogP contribution in [-0.4, -0.2) is 73.8 Å². The van der Waals surface area contributed by atoms with Crippen molar-refractivity contribution in [3.8, 4) is 0 Å². The predicted octanol–water partition coefficient (Wildman–Crippen LogP) is 1.14. The first kappa shape index (κ1) is 17.8. The van der Waals surface area contributed by atoms with Crippen LogP contribution >= 0.6 is 0 Å². The standard InChI is InChI=1S/C17H31N5O/c1-18-17(21(3)14-16-8-5-9-20(16)2)19-13-15-7-6-10-22(15)11-12-23-4/h5,8-9,15H,6-7,10-14H2,1-4H3,(H,18,19). The first-order chi connectivity index (χ1) is 11.2. The minimum atomic E-state index is 0.574. The van der Waals surface area contributed by atoms with E-state index in [1.54, 1.807) is 7.11 Å². The average molecular weight is 321 g/mol. The SMILES string of the molecule is CN=C(NCC1CCCN1CCOC)N(C)Cc1cccn1C. The van der Waals surface area contributed by atoms with E-state index in [1.165, 1.54) is 25.1 Å². The van der Waals surface area contributed by atoms with Gasteiger partial charge in [-0.15, -0.1) is 0 Å². The molecule has 1 atom stereocenters. The van der Waals surface area contributed by atoms with Crippen molar-refractivity contribution in [3.05, 3.63) is 24.0 Å². The molecule has 0 spiro atoms. The molecule has 1 saturated heterocycles. The summed E-state index contributed by atoms with van der Waals surface area (Å²) >= 11 is 0. The number of guanidine groups is 1. The molecule has 2 heterocycles. The van der Waals surface area contributed by atoms with Crippen molar-refractivity contribution in [2.24, 2.45) is 12.0 Å². The number of aryl methyl sites for hydroxylation is 1. The van der Waals surface area contributed by atoms with Gasteiger partial charge in [0.1, 0.15) is 0 Å². The molecule has 1 unspecified atom stereocenters. The molecule has 1 aromatic heterocycles. The number of aliphatic imine (C=N–C) groups is 1.